The number of rotatable bonds is 6. The number of para-hydroxylation sites is 2. The molecule has 0 fully saturated rings. The minimum absolute atomic E-state index is 0.937. The average molecular weight is 530 g/mol. The summed E-state index contributed by atoms with van der Waals surface area (Å²) in [5.74, 6) is 0.937. The van der Waals surface area contributed by atoms with E-state index in [1.54, 1.807) is 0 Å². The fraction of sp³-hybridized carbons (Fsp3) is 0.0270. The lowest BCUT2D eigenvalue weighted by Gasteiger charge is -2.25. The van der Waals surface area contributed by atoms with E-state index in [0.29, 0.717) is 0 Å². The Morgan fingerprint density at radius 2 is 1.02 bits per heavy atom. The first-order chi connectivity index (χ1) is 20.2. The van der Waals surface area contributed by atoms with Crippen molar-refractivity contribution in [3.63, 3.8) is 0 Å². The molecule has 4 nitrogen and oxygen atoms in total. The van der Waals surface area contributed by atoms with Crippen molar-refractivity contribution in [2.24, 2.45) is 7.05 Å². The minimum atomic E-state index is 0.937. The van der Waals surface area contributed by atoms with Gasteiger partial charge in [-0.1, -0.05) is 78.9 Å². The van der Waals surface area contributed by atoms with Gasteiger partial charge in [0, 0.05) is 46.5 Å². The molecular formula is C37H29N4+. The lowest BCUT2D eigenvalue weighted by Crippen LogP contribution is -2.25. The van der Waals surface area contributed by atoms with Gasteiger partial charge in [-0.2, -0.15) is 0 Å². The second-order valence-corrected chi connectivity index (χ2v) is 10.1. The molecule has 7 rings (SSSR count). The van der Waals surface area contributed by atoms with E-state index < -0.39 is 0 Å². The number of anilines is 3. The molecule has 0 N–H and O–H groups in total. The Labute approximate surface area is 240 Å². The zero-order valence-electron chi connectivity index (χ0n) is 22.8. The van der Waals surface area contributed by atoms with Gasteiger partial charge in [0.05, 0.1) is 11.2 Å². The van der Waals surface area contributed by atoms with Crippen LogP contribution in [0.3, 0.4) is 0 Å². The summed E-state index contributed by atoms with van der Waals surface area (Å²) in [4.78, 5) is 7.38. The number of benzene rings is 4. The molecule has 4 heteroatoms. The number of nitrogens with zero attached hydrogens (tertiary/aromatic N) is 4. The molecule has 4 aromatic carbocycles. The zero-order valence-corrected chi connectivity index (χ0v) is 22.8. The molecule has 0 spiro atoms. The molecular weight excluding hydrogens is 500 g/mol. The van der Waals surface area contributed by atoms with Crippen LogP contribution < -0.4 is 9.47 Å². The van der Waals surface area contributed by atoms with Crippen molar-refractivity contribution in [3.8, 4) is 33.8 Å². The highest BCUT2D eigenvalue weighted by Crippen LogP contribution is 2.36. The smallest absolute Gasteiger partial charge is 0.169 e. The van der Waals surface area contributed by atoms with Crippen LogP contribution in [0.2, 0.25) is 0 Å². The van der Waals surface area contributed by atoms with Crippen molar-refractivity contribution >= 4 is 22.6 Å². The molecule has 0 bridgehead atoms. The standard InChI is InChI=1S/C37H29N4/c1-39-26-23-30(24-27-39)36-35-14-8-9-25-40(35)37(38-36)31-17-15-28(16-18-31)29-19-21-34(22-20-29)41(32-10-4-2-5-11-32)33-12-6-3-7-13-33/h2-27H,1H3/q+1. The van der Waals surface area contributed by atoms with Gasteiger partial charge >= 0.3 is 0 Å². The molecule has 0 saturated carbocycles. The SMILES string of the molecule is C[n+]1ccc(-c2nc(-c3ccc(-c4ccc(N(c5ccccc5)c5ccccc5)cc4)cc3)n3ccccc23)cc1. The highest BCUT2D eigenvalue weighted by molar-refractivity contribution is 5.82. The van der Waals surface area contributed by atoms with Crippen molar-refractivity contribution in [2.45, 2.75) is 0 Å². The van der Waals surface area contributed by atoms with E-state index in [1.807, 2.05) is 23.7 Å². The Bertz CT molecular complexity index is 1870. The molecule has 0 aliphatic heterocycles. The van der Waals surface area contributed by atoms with Crippen LogP contribution in [-0.2, 0) is 7.05 Å². The first-order valence-electron chi connectivity index (χ1n) is 13.8. The summed E-state index contributed by atoms with van der Waals surface area (Å²) in [5.41, 5.74) is 10.00. The monoisotopic (exact) mass is 529 g/mol. The second-order valence-electron chi connectivity index (χ2n) is 10.1. The highest BCUT2D eigenvalue weighted by Gasteiger charge is 2.15. The number of aromatic nitrogens is 3. The van der Waals surface area contributed by atoms with Crippen LogP contribution in [0.5, 0.6) is 0 Å². The van der Waals surface area contributed by atoms with Gasteiger partial charge in [-0.3, -0.25) is 4.40 Å². The fourth-order valence-electron chi connectivity index (χ4n) is 5.33. The van der Waals surface area contributed by atoms with Crippen molar-refractivity contribution in [3.05, 3.63) is 158 Å². The Morgan fingerprint density at radius 1 is 0.512 bits per heavy atom. The summed E-state index contributed by atoms with van der Waals surface area (Å²) in [6, 6.07) is 48.9. The number of hydrogen-bond acceptors (Lipinski definition) is 2. The Hall–Kier alpha value is -5.48. The Kier molecular flexibility index (Phi) is 6.34. The predicted octanol–water partition coefficient (Wildman–Crippen LogP) is 8.63. The van der Waals surface area contributed by atoms with Crippen molar-refractivity contribution in [1.82, 2.24) is 9.38 Å². The van der Waals surface area contributed by atoms with Gasteiger partial charge in [0.25, 0.3) is 0 Å². The fourth-order valence-corrected chi connectivity index (χ4v) is 5.33. The number of pyridine rings is 2. The van der Waals surface area contributed by atoms with Gasteiger partial charge in [0.1, 0.15) is 12.9 Å². The maximum Gasteiger partial charge on any atom is 0.169 e. The Balaban J connectivity index is 1.21. The van der Waals surface area contributed by atoms with Crippen LogP contribution >= 0.6 is 0 Å². The topological polar surface area (TPSA) is 24.4 Å². The molecule has 0 amide bonds. The minimum Gasteiger partial charge on any atom is -0.311 e. The molecule has 7 aromatic rings. The first-order valence-corrected chi connectivity index (χ1v) is 13.8. The molecule has 3 heterocycles. The summed E-state index contributed by atoms with van der Waals surface area (Å²) in [5, 5.41) is 0. The van der Waals surface area contributed by atoms with Crippen LogP contribution in [0, 0.1) is 0 Å². The third-order valence-corrected chi connectivity index (χ3v) is 7.43. The third kappa shape index (κ3) is 4.77. The van der Waals surface area contributed by atoms with Gasteiger partial charge in [0.2, 0.25) is 0 Å². The average Bonchev–Trinajstić information content (AvgIpc) is 3.43. The molecule has 0 unspecified atom stereocenters. The Morgan fingerprint density at radius 3 is 1.63 bits per heavy atom. The number of hydrogen-bond donors (Lipinski definition) is 0. The van der Waals surface area contributed by atoms with Crippen molar-refractivity contribution in [2.75, 3.05) is 4.90 Å². The van der Waals surface area contributed by atoms with E-state index in [2.05, 4.69) is 155 Å². The van der Waals surface area contributed by atoms with Gasteiger partial charge < -0.3 is 4.90 Å². The second kappa shape index (κ2) is 10.6. The third-order valence-electron chi connectivity index (χ3n) is 7.43. The molecule has 3 aromatic heterocycles. The van der Waals surface area contributed by atoms with E-state index in [9.17, 15) is 0 Å². The summed E-state index contributed by atoms with van der Waals surface area (Å²) in [7, 11) is 2.03. The van der Waals surface area contributed by atoms with Gasteiger partial charge in [-0.25, -0.2) is 9.55 Å². The molecule has 0 aliphatic carbocycles. The van der Waals surface area contributed by atoms with Crippen LogP contribution in [0.4, 0.5) is 17.1 Å². The molecule has 0 radical (unpaired) electrons. The molecule has 0 atom stereocenters. The molecule has 0 saturated heterocycles. The molecule has 0 aliphatic rings. The van der Waals surface area contributed by atoms with Crippen LogP contribution in [0.1, 0.15) is 0 Å². The molecule has 41 heavy (non-hydrogen) atoms. The quantitative estimate of drug-likeness (QED) is 0.201. The van der Waals surface area contributed by atoms with E-state index in [-0.39, 0.29) is 0 Å². The highest BCUT2D eigenvalue weighted by atomic mass is 15.1. The number of fused-ring (bicyclic) bond motifs is 1. The first kappa shape index (κ1) is 24.6. The predicted molar refractivity (Wildman–Crippen MR) is 167 cm³/mol. The summed E-state index contributed by atoms with van der Waals surface area (Å²) in [6.45, 7) is 0. The van der Waals surface area contributed by atoms with E-state index in [4.69, 9.17) is 4.98 Å². The summed E-state index contributed by atoms with van der Waals surface area (Å²) >= 11 is 0. The normalized spacial score (nSPS) is 11.0. The lowest BCUT2D eigenvalue weighted by molar-refractivity contribution is -0.671. The number of aryl methyl sites for hydroxylation is 1. The van der Waals surface area contributed by atoms with Crippen molar-refractivity contribution in [1.29, 1.82) is 0 Å². The van der Waals surface area contributed by atoms with Crippen molar-refractivity contribution < 1.29 is 4.57 Å². The maximum absolute atomic E-state index is 5.10. The van der Waals surface area contributed by atoms with Gasteiger partial charge in [0.15, 0.2) is 12.4 Å². The van der Waals surface area contributed by atoms with E-state index in [0.717, 1.165) is 45.2 Å². The zero-order chi connectivity index (χ0) is 27.6. The van der Waals surface area contributed by atoms with Crippen LogP contribution in [-0.4, -0.2) is 9.38 Å². The van der Waals surface area contributed by atoms with Crippen LogP contribution in [0.25, 0.3) is 39.3 Å². The molecule has 196 valence electrons. The summed E-state index contributed by atoms with van der Waals surface area (Å²) in [6.07, 6.45) is 6.20. The van der Waals surface area contributed by atoms with Gasteiger partial charge in [-0.05, 0) is 59.7 Å². The number of imidazole rings is 1. The largest absolute Gasteiger partial charge is 0.311 e. The maximum atomic E-state index is 5.10. The van der Waals surface area contributed by atoms with Crippen LogP contribution in [0.15, 0.2) is 158 Å². The van der Waals surface area contributed by atoms with E-state index >= 15 is 0 Å². The van der Waals surface area contributed by atoms with E-state index in [1.165, 1.54) is 11.1 Å². The van der Waals surface area contributed by atoms with Gasteiger partial charge in [-0.15, -0.1) is 0 Å². The summed E-state index contributed by atoms with van der Waals surface area (Å²) < 4.78 is 4.21. The lowest BCUT2D eigenvalue weighted by atomic mass is 10.0.